The van der Waals surface area contributed by atoms with Crippen LogP contribution in [0.2, 0.25) is 5.04 Å². The van der Waals surface area contributed by atoms with Gasteiger partial charge in [-0.1, -0.05) is 75.4 Å². The van der Waals surface area contributed by atoms with Gasteiger partial charge in [0.15, 0.2) is 17.2 Å². The monoisotopic (exact) mass is 646 g/mol. The summed E-state index contributed by atoms with van der Waals surface area (Å²) in [6.45, 7) is 6.50. The Labute approximate surface area is 256 Å². The first kappa shape index (κ1) is 30.9. The van der Waals surface area contributed by atoms with Gasteiger partial charge in [-0.15, -0.1) is 0 Å². The largest absolute Gasteiger partial charge is 0.534 e. The zero-order valence-electron chi connectivity index (χ0n) is 24.2. The lowest BCUT2D eigenvalue weighted by atomic mass is 10.1. The molecule has 4 rings (SSSR count). The van der Waals surface area contributed by atoms with Crippen LogP contribution in [-0.2, 0) is 11.2 Å². The van der Waals surface area contributed by atoms with Crippen molar-refractivity contribution in [1.82, 2.24) is 0 Å². The van der Waals surface area contributed by atoms with Gasteiger partial charge in [0.1, 0.15) is 5.75 Å². The Morgan fingerprint density at radius 3 is 2.05 bits per heavy atom. The number of nitrogens with one attached hydrogen (secondary N) is 1. The van der Waals surface area contributed by atoms with Gasteiger partial charge >= 0.3 is 15.0 Å². The first-order valence-electron chi connectivity index (χ1n) is 13.3. The van der Waals surface area contributed by atoms with E-state index in [0.29, 0.717) is 38.5 Å². The standard InChI is InChI=1S/C33H33BrNO6Si/c1-33(2,3)42(25-14-10-7-11-15-25)41-26-19-17-24(21-28(26)39-5)35-29(36)20-23-16-18-27(38-4)31(30(23)34)40-32(37)22-12-8-6-9-13-22/h6-19,21H,20H2,1-5H3,(H,35,36). The fourth-order valence-electron chi connectivity index (χ4n) is 4.25. The van der Waals surface area contributed by atoms with Crippen LogP contribution in [0.1, 0.15) is 36.7 Å². The van der Waals surface area contributed by atoms with Crippen LogP contribution in [0, 0.1) is 0 Å². The van der Waals surface area contributed by atoms with Crippen LogP contribution in [0.4, 0.5) is 5.69 Å². The van der Waals surface area contributed by atoms with E-state index in [2.05, 4.69) is 54.2 Å². The third-order valence-corrected chi connectivity index (χ3v) is 9.81. The summed E-state index contributed by atoms with van der Waals surface area (Å²) in [5.74, 6) is 0.911. The van der Waals surface area contributed by atoms with Crippen LogP contribution in [0.15, 0.2) is 95.5 Å². The molecule has 0 spiro atoms. The van der Waals surface area contributed by atoms with Crippen LogP contribution in [0.5, 0.6) is 23.0 Å². The number of benzene rings is 4. The Balaban J connectivity index is 1.50. The summed E-state index contributed by atoms with van der Waals surface area (Å²) >= 11 is 3.51. The van der Waals surface area contributed by atoms with Gasteiger partial charge in [-0.3, -0.25) is 4.79 Å². The summed E-state index contributed by atoms with van der Waals surface area (Å²) in [5.41, 5.74) is 1.58. The minimum Gasteiger partial charge on any atom is -0.534 e. The average Bonchev–Trinajstić information content (AvgIpc) is 2.98. The number of halogens is 1. The van der Waals surface area contributed by atoms with Crippen molar-refractivity contribution in [1.29, 1.82) is 0 Å². The molecule has 1 radical (unpaired) electrons. The normalized spacial score (nSPS) is 11.1. The molecule has 0 bridgehead atoms. The molecule has 4 aromatic rings. The lowest BCUT2D eigenvalue weighted by Crippen LogP contribution is -2.44. The van der Waals surface area contributed by atoms with Crippen LogP contribution in [-0.4, -0.2) is 35.1 Å². The van der Waals surface area contributed by atoms with E-state index < -0.39 is 15.0 Å². The van der Waals surface area contributed by atoms with E-state index in [1.165, 1.54) is 7.11 Å². The Hall–Kier alpha value is -4.08. The highest BCUT2D eigenvalue weighted by Gasteiger charge is 2.34. The number of carbonyl (C=O) groups excluding carboxylic acids is 2. The van der Waals surface area contributed by atoms with E-state index in [0.717, 1.165) is 5.19 Å². The molecule has 0 heterocycles. The SMILES string of the molecule is COc1cc(NC(=O)Cc2ccc(OC)c(OC(=O)c3ccccc3)c2Br)ccc1O[Si](c1ccccc1)C(C)(C)C. The molecule has 1 N–H and O–H groups in total. The molecule has 0 unspecified atom stereocenters. The van der Waals surface area contributed by atoms with Crippen LogP contribution < -0.4 is 29.1 Å². The van der Waals surface area contributed by atoms with Gasteiger partial charge in [0.05, 0.1) is 30.7 Å². The number of rotatable bonds is 10. The quantitative estimate of drug-likeness (QED) is 0.114. The molecule has 4 aromatic carbocycles. The smallest absolute Gasteiger partial charge is 0.343 e. The molecule has 0 saturated carbocycles. The number of carbonyl (C=O) groups is 2. The topological polar surface area (TPSA) is 83.1 Å². The number of hydrogen-bond acceptors (Lipinski definition) is 6. The van der Waals surface area contributed by atoms with Crippen LogP contribution in [0.3, 0.4) is 0 Å². The maximum atomic E-state index is 13.1. The lowest BCUT2D eigenvalue weighted by molar-refractivity contribution is -0.115. The molecular formula is C33H33BrNO6Si. The van der Waals surface area contributed by atoms with Crippen molar-refractivity contribution in [3.63, 3.8) is 0 Å². The number of anilines is 1. The molecule has 7 nitrogen and oxygen atoms in total. The maximum Gasteiger partial charge on any atom is 0.343 e. The Morgan fingerprint density at radius 2 is 1.43 bits per heavy atom. The van der Waals surface area contributed by atoms with Crippen molar-refractivity contribution in [2.45, 2.75) is 32.2 Å². The third-order valence-electron chi connectivity index (χ3n) is 6.29. The predicted octanol–water partition coefficient (Wildman–Crippen LogP) is 6.94. The van der Waals surface area contributed by atoms with Crippen molar-refractivity contribution >= 4 is 47.7 Å². The van der Waals surface area contributed by atoms with Gasteiger partial charge in [0.25, 0.3) is 0 Å². The summed E-state index contributed by atoms with van der Waals surface area (Å²) in [7, 11) is 1.61. The van der Waals surface area contributed by atoms with Crippen molar-refractivity contribution in [3.05, 3.63) is 107 Å². The van der Waals surface area contributed by atoms with Gasteiger partial charge in [-0.05, 0) is 62.1 Å². The van der Waals surface area contributed by atoms with E-state index in [-0.39, 0.29) is 23.1 Å². The zero-order chi connectivity index (χ0) is 30.3. The molecule has 0 fully saturated rings. The first-order chi connectivity index (χ1) is 20.1. The molecule has 0 aliphatic rings. The molecule has 42 heavy (non-hydrogen) atoms. The zero-order valence-corrected chi connectivity index (χ0v) is 26.8. The van der Waals surface area contributed by atoms with Crippen molar-refractivity contribution in [2.75, 3.05) is 19.5 Å². The van der Waals surface area contributed by atoms with Gasteiger partial charge < -0.3 is 24.0 Å². The van der Waals surface area contributed by atoms with Crippen molar-refractivity contribution in [2.24, 2.45) is 0 Å². The van der Waals surface area contributed by atoms with Gasteiger partial charge in [-0.2, -0.15) is 0 Å². The number of methoxy groups -OCH3 is 2. The summed E-state index contributed by atoms with van der Waals surface area (Å²) < 4.78 is 23.7. The summed E-state index contributed by atoms with van der Waals surface area (Å²) in [5, 5.41) is 4.00. The summed E-state index contributed by atoms with van der Waals surface area (Å²) in [6, 6.07) is 27.6. The van der Waals surface area contributed by atoms with Crippen LogP contribution >= 0.6 is 15.9 Å². The van der Waals surface area contributed by atoms with E-state index in [4.69, 9.17) is 18.6 Å². The summed E-state index contributed by atoms with van der Waals surface area (Å²) in [4.78, 5) is 25.8. The number of esters is 1. The second-order valence-corrected chi connectivity index (χ2v) is 14.2. The van der Waals surface area contributed by atoms with E-state index in [9.17, 15) is 9.59 Å². The molecule has 0 aliphatic heterocycles. The molecular weight excluding hydrogens is 614 g/mol. The predicted molar refractivity (Wildman–Crippen MR) is 170 cm³/mol. The van der Waals surface area contributed by atoms with E-state index in [1.807, 2.05) is 30.3 Å². The van der Waals surface area contributed by atoms with Gasteiger partial charge in [0.2, 0.25) is 5.91 Å². The molecule has 1 amide bonds. The van der Waals surface area contributed by atoms with Gasteiger partial charge in [-0.25, -0.2) is 4.79 Å². The number of ether oxygens (including phenoxy) is 3. The molecule has 0 aromatic heterocycles. The fraction of sp³-hybridized carbons (Fsp3) is 0.212. The molecule has 9 heteroatoms. The van der Waals surface area contributed by atoms with E-state index in [1.54, 1.807) is 55.6 Å². The van der Waals surface area contributed by atoms with Gasteiger partial charge in [0, 0.05) is 11.8 Å². The minimum absolute atomic E-state index is 0.0200. The van der Waals surface area contributed by atoms with E-state index >= 15 is 0 Å². The highest BCUT2D eigenvalue weighted by Crippen LogP contribution is 2.39. The maximum absolute atomic E-state index is 13.1. The highest BCUT2D eigenvalue weighted by molar-refractivity contribution is 9.10. The molecule has 217 valence electrons. The van der Waals surface area contributed by atoms with Crippen molar-refractivity contribution < 1.29 is 28.2 Å². The highest BCUT2D eigenvalue weighted by atomic mass is 79.9. The first-order valence-corrected chi connectivity index (χ1v) is 15.5. The number of hydrogen-bond donors (Lipinski definition) is 1. The Morgan fingerprint density at radius 1 is 0.810 bits per heavy atom. The molecule has 0 saturated heterocycles. The Bertz CT molecular complexity index is 1540. The van der Waals surface area contributed by atoms with Crippen molar-refractivity contribution in [3.8, 4) is 23.0 Å². The lowest BCUT2D eigenvalue weighted by Gasteiger charge is -2.29. The number of amides is 1. The average molecular weight is 648 g/mol. The third kappa shape index (κ3) is 7.60. The Kier molecular flexibility index (Phi) is 10.1. The minimum atomic E-state index is -1.46. The molecule has 0 atom stereocenters. The second-order valence-electron chi connectivity index (χ2n) is 10.5. The second kappa shape index (κ2) is 13.7. The summed E-state index contributed by atoms with van der Waals surface area (Å²) in [6.07, 6.45) is 0.0200. The fourth-order valence-corrected chi connectivity index (χ4v) is 6.97. The van der Waals surface area contributed by atoms with Crippen LogP contribution in [0.25, 0.3) is 0 Å². The molecule has 0 aliphatic carbocycles.